The van der Waals surface area contributed by atoms with Crippen molar-refractivity contribution in [3.63, 3.8) is 0 Å². The van der Waals surface area contributed by atoms with Crippen LogP contribution in [0.5, 0.6) is 0 Å². The first kappa shape index (κ1) is 30.1. The van der Waals surface area contributed by atoms with Gasteiger partial charge >= 0.3 is 0 Å². The number of anilines is 2. The lowest BCUT2D eigenvalue weighted by molar-refractivity contribution is -0.133. The predicted octanol–water partition coefficient (Wildman–Crippen LogP) is 4.91. The lowest BCUT2D eigenvalue weighted by Crippen LogP contribution is -2.50. The molecule has 2 aromatic rings. The Morgan fingerprint density at radius 3 is 2.32 bits per heavy atom. The zero-order valence-corrected chi connectivity index (χ0v) is 20.5. The van der Waals surface area contributed by atoms with E-state index in [2.05, 4.69) is 10.3 Å². The molecule has 4 rings (SSSR count). The average molecular weight is 522 g/mol. The molecule has 37 heavy (non-hydrogen) atoms. The highest BCUT2D eigenvalue weighted by Crippen LogP contribution is 2.37. The van der Waals surface area contributed by atoms with Gasteiger partial charge in [-0.3, -0.25) is 9.59 Å². The second-order valence-electron chi connectivity index (χ2n) is 9.96. The van der Waals surface area contributed by atoms with Gasteiger partial charge in [-0.15, -0.1) is 0 Å². The maximum Gasteiger partial charge on any atom is 0.247 e. The van der Waals surface area contributed by atoms with Crippen molar-refractivity contribution in [2.45, 2.75) is 73.4 Å². The number of nitrogens with zero attached hydrogens (tertiary/aromatic N) is 4. The molecule has 1 saturated carbocycles. The molecule has 0 radical (unpaired) electrons. The van der Waals surface area contributed by atoms with Crippen LogP contribution in [0.25, 0.3) is 0 Å². The fourth-order valence-electron chi connectivity index (χ4n) is 5.02. The molecular weight excluding hydrogens is 483 g/mol. The van der Waals surface area contributed by atoms with Crippen LogP contribution in [-0.2, 0) is 22.4 Å². The summed E-state index contributed by atoms with van der Waals surface area (Å²) in [6.45, 7) is 5.84. The van der Waals surface area contributed by atoms with Crippen molar-refractivity contribution in [3.8, 4) is 0 Å². The first-order valence-electron chi connectivity index (χ1n) is 11.8. The van der Waals surface area contributed by atoms with Crippen molar-refractivity contribution in [2.24, 2.45) is 11.8 Å². The summed E-state index contributed by atoms with van der Waals surface area (Å²) in [6.07, 6.45) is 1.97. The highest BCUT2D eigenvalue weighted by atomic mass is 19.2. The number of hydrogen-bond acceptors (Lipinski definition) is 5. The zero-order valence-electron chi connectivity index (χ0n) is 20.5. The van der Waals surface area contributed by atoms with Crippen molar-refractivity contribution in [2.75, 3.05) is 24.3 Å². The van der Waals surface area contributed by atoms with Crippen molar-refractivity contribution in [3.05, 3.63) is 46.7 Å². The summed E-state index contributed by atoms with van der Waals surface area (Å²) < 4.78 is 40.1. The molecule has 0 bridgehead atoms. The fraction of sp³-hybridized carbons (Fsp3) is 0.556. The molecule has 1 aliphatic carbocycles. The monoisotopic (exact) mass is 521 g/mol. The van der Waals surface area contributed by atoms with E-state index in [-0.39, 0.29) is 62.6 Å². The van der Waals surface area contributed by atoms with E-state index < -0.39 is 17.5 Å². The number of hydrogen-bond donors (Lipinski definition) is 1. The van der Waals surface area contributed by atoms with E-state index in [1.165, 1.54) is 0 Å². The first-order valence-corrected chi connectivity index (χ1v) is 11.8. The fourth-order valence-corrected chi connectivity index (χ4v) is 5.02. The number of carbonyl (C=O) groups is 2. The van der Waals surface area contributed by atoms with E-state index in [9.17, 15) is 22.8 Å². The molecule has 1 aromatic carbocycles. The SMILES string of the molecule is C.C.Cc1nc(CC2CC(N(C)C(=O)Cc3cc(F)c(F)c(F)c3)C2)nc2c1NC(=O)[C@H](C(C)C)N2C. The summed E-state index contributed by atoms with van der Waals surface area (Å²) in [4.78, 5) is 37.9. The van der Waals surface area contributed by atoms with E-state index in [1.807, 2.05) is 32.7 Å². The molecule has 10 heteroatoms. The van der Waals surface area contributed by atoms with Crippen LogP contribution < -0.4 is 10.2 Å². The van der Waals surface area contributed by atoms with Crippen molar-refractivity contribution in [1.82, 2.24) is 14.9 Å². The number of rotatable bonds is 6. The van der Waals surface area contributed by atoms with Crippen LogP contribution >= 0.6 is 0 Å². The molecule has 2 amide bonds. The molecular formula is C27H38F3N5O2. The highest BCUT2D eigenvalue weighted by Gasteiger charge is 2.37. The van der Waals surface area contributed by atoms with Gasteiger partial charge in [-0.05, 0) is 49.3 Å². The highest BCUT2D eigenvalue weighted by molar-refractivity contribution is 6.03. The Balaban J connectivity index is 0.00000241. The third kappa shape index (κ3) is 5.88. The van der Waals surface area contributed by atoms with Gasteiger partial charge in [0, 0.05) is 26.6 Å². The van der Waals surface area contributed by atoms with Crippen LogP contribution in [0.1, 0.15) is 58.6 Å². The molecule has 0 unspecified atom stereocenters. The van der Waals surface area contributed by atoms with Gasteiger partial charge in [-0.25, -0.2) is 23.1 Å². The maximum atomic E-state index is 13.4. The molecule has 1 N–H and O–H groups in total. The van der Waals surface area contributed by atoms with E-state index >= 15 is 0 Å². The van der Waals surface area contributed by atoms with Crippen LogP contribution in [-0.4, -0.2) is 52.9 Å². The number of carbonyl (C=O) groups excluding carboxylic acids is 2. The standard InChI is InChI=1S/C25H30F3N5O2.2CH4/c1-12(2)23-25(35)31-22-13(3)29-19(30-24(22)33(23)5)10-14-6-16(7-14)32(4)20(34)11-15-8-17(26)21(28)18(27)9-15;;/h8-9,12,14,16,23H,6-7,10-11H2,1-5H3,(H,31,35);2*1H4/t14?,16?,23-;;/m0../s1. The smallest absolute Gasteiger partial charge is 0.247 e. The van der Waals surface area contributed by atoms with Crippen molar-refractivity contribution < 1.29 is 22.8 Å². The van der Waals surface area contributed by atoms with Gasteiger partial charge < -0.3 is 15.1 Å². The van der Waals surface area contributed by atoms with Gasteiger partial charge in [0.05, 0.1) is 12.1 Å². The number of nitrogens with one attached hydrogen (secondary N) is 1. The van der Waals surface area contributed by atoms with Gasteiger partial charge in [0.15, 0.2) is 23.3 Å². The summed E-state index contributed by atoms with van der Waals surface area (Å²) in [5.41, 5.74) is 1.46. The summed E-state index contributed by atoms with van der Waals surface area (Å²) in [6, 6.07) is 1.41. The predicted molar refractivity (Wildman–Crippen MR) is 139 cm³/mol. The largest absolute Gasteiger partial charge is 0.346 e. The van der Waals surface area contributed by atoms with Crippen LogP contribution in [0, 0.1) is 36.2 Å². The Labute approximate surface area is 217 Å². The third-order valence-corrected chi connectivity index (χ3v) is 7.04. The van der Waals surface area contributed by atoms with Gasteiger partial charge in [0.1, 0.15) is 17.6 Å². The summed E-state index contributed by atoms with van der Waals surface area (Å²) in [7, 11) is 3.54. The van der Waals surface area contributed by atoms with E-state index in [0.717, 1.165) is 25.0 Å². The van der Waals surface area contributed by atoms with E-state index in [0.29, 0.717) is 29.4 Å². The Morgan fingerprint density at radius 1 is 1.16 bits per heavy atom. The Hall–Kier alpha value is -3.17. The Kier molecular flexibility index (Phi) is 9.32. The van der Waals surface area contributed by atoms with Crippen LogP contribution in [0.4, 0.5) is 24.7 Å². The molecule has 204 valence electrons. The zero-order chi connectivity index (χ0) is 25.6. The molecule has 0 spiro atoms. The van der Waals surface area contributed by atoms with Gasteiger partial charge in [0.2, 0.25) is 11.8 Å². The average Bonchev–Trinajstić information content (AvgIpc) is 2.74. The minimum atomic E-state index is -1.54. The lowest BCUT2D eigenvalue weighted by Gasteiger charge is -2.41. The summed E-state index contributed by atoms with van der Waals surface area (Å²) >= 11 is 0. The topological polar surface area (TPSA) is 78.4 Å². The molecule has 1 aromatic heterocycles. The minimum Gasteiger partial charge on any atom is -0.346 e. The van der Waals surface area contributed by atoms with Crippen molar-refractivity contribution >= 4 is 23.3 Å². The van der Waals surface area contributed by atoms with Crippen LogP contribution in [0.15, 0.2) is 12.1 Å². The van der Waals surface area contributed by atoms with E-state index in [1.54, 1.807) is 11.9 Å². The molecule has 1 atom stereocenters. The molecule has 0 saturated heterocycles. The van der Waals surface area contributed by atoms with Gasteiger partial charge in [-0.1, -0.05) is 28.7 Å². The number of aryl methyl sites for hydroxylation is 1. The summed E-state index contributed by atoms with van der Waals surface area (Å²) in [5, 5.41) is 2.95. The van der Waals surface area contributed by atoms with Gasteiger partial charge in [0.25, 0.3) is 0 Å². The Morgan fingerprint density at radius 2 is 1.76 bits per heavy atom. The first-order chi connectivity index (χ1) is 16.5. The minimum absolute atomic E-state index is 0. The second-order valence-corrected chi connectivity index (χ2v) is 9.96. The van der Waals surface area contributed by atoms with Crippen LogP contribution in [0.2, 0.25) is 0 Å². The number of likely N-dealkylation sites (N-methyl/N-ethyl adjacent to an activating group) is 2. The third-order valence-electron chi connectivity index (χ3n) is 7.04. The van der Waals surface area contributed by atoms with E-state index in [4.69, 9.17) is 4.98 Å². The molecule has 1 fully saturated rings. The quantitative estimate of drug-likeness (QED) is 0.547. The molecule has 1 aliphatic heterocycles. The van der Waals surface area contributed by atoms with Gasteiger partial charge in [-0.2, -0.15) is 0 Å². The lowest BCUT2D eigenvalue weighted by atomic mass is 9.77. The number of amides is 2. The Bertz CT molecular complexity index is 1140. The molecule has 7 nitrogen and oxygen atoms in total. The molecule has 2 heterocycles. The molecule has 2 aliphatic rings. The number of benzene rings is 1. The maximum absolute atomic E-state index is 13.4. The summed E-state index contributed by atoms with van der Waals surface area (Å²) in [5.74, 6) is -2.66. The number of halogens is 3. The second kappa shape index (κ2) is 11.5. The number of fused-ring (bicyclic) bond motifs is 1. The van der Waals surface area contributed by atoms with Crippen LogP contribution in [0.3, 0.4) is 0 Å². The normalized spacial score (nSPS) is 20.3. The number of aromatic nitrogens is 2. The van der Waals surface area contributed by atoms with Crippen molar-refractivity contribution in [1.29, 1.82) is 0 Å².